The summed E-state index contributed by atoms with van der Waals surface area (Å²) in [5, 5.41) is 9.79. The van der Waals surface area contributed by atoms with Crippen molar-refractivity contribution < 1.29 is 14.6 Å². The first-order valence-corrected chi connectivity index (χ1v) is 6.34. The van der Waals surface area contributed by atoms with Crippen LogP contribution in [-0.4, -0.2) is 23.2 Å². The molecule has 0 atom stereocenters. The Balaban J connectivity index is 2.40. The summed E-state index contributed by atoms with van der Waals surface area (Å²) in [6.07, 6.45) is 0.676. The molecule has 2 rings (SSSR count). The maximum absolute atomic E-state index is 11.0. The molecule has 1 N–H and O–H groups in total. The van der Waals surface area contributed by atoms with Crippen LogP contribution in [0.4, 0.5) is 0 Å². The first-order valence-electron chi connectivity index (χ1n) is 5.53. The Labute approximate surface area is 109 Å². The molecule has 0 radical (unpaired) electrons. The molecular weight excluding hydrogens is 250 g/mol. The third-order valence-corrected chi connectivity index (χ3v) is 3.81. The quantitative estimate of drug-likeness (QED) is 0.920. The van der Waals surface area contributed by atoms with E-state index in [0.717, 1.165) is 21.2 Å². The van der Waals surface area contributed by atoms with Crippen molar-refractivity contribution in [2.75, 3.05) is 7.11 Å². The number of hydrogen-bond donors (Lipinski definition) is 1. The normalized spacial score (nSPS) is 10.3. The number of benzene rings is 1. The standard InChI is InChI=1S/C13H13NO3S/c1-3-10-11(13(15)16)14-12(18-10)8-4-6-9(17-2)7-5-8/h4-7H,3H2,1-2H3,(H,15,16). The van der Waals surface area contributed by atoms with Gasteiger partial charge in [-0.05, 0) is 30.7 Å². The van der Waals surface area contributed by atoms with Crippen LogP contribution in [0.15, 0.2) is 24.3 Å². The highest BCUT2D eigenvalue weighted by Crippen LogP contribution is 2.29. The van der Waals surface area contributed by atoms with E-state index >= 15 is 0 Å². The lowest BCUT2D eigenvalue weighted by Crippen LogP contribution is -1.99. The van der Waals surface area contributed by atoms with E-state index in [4.69, 9.17) is 9.84 Å². The maximum Gasteiger partial charge on any atom is 0.355 e. The van der Waals surface area contributed by atoms with Crippen molar-refractivity contribution in [1.82, 2.24) is 4.98 Å². The monoisotopic (exact) mass is 263 g/mol. The van der Waals surface area contributed by atoms with E-state index in [0.29, 0.717) is 6.42 Å². The number of thiazole rings is 1. The molecule has 0 aliphatic carbocycles. The van der Waals surface area contributed by atoms with Gasteiger partial charge in [0.1, 0.15) is 10.8 Å². The molecule has 1 heterocycles. The number of ether oxygens (including phenoxy) is 1. The van der Waals surface area contributed by atoms with Gasteiger partial charge in [-0.3, -0.25) is 0 Å². The number of methoxy groups -OCH3 is 1. The largest absolute Gasteiger partial charge is 0.497 e. The van der Waals surface area contributed by atoms with Crippen molar-refractivity contribution in [1.29, 1.82) is 0 Å². The van der Waals surface area contributed by atoms with Gasteiger partial charge >= 0.3 is 5.97 Å². The number of carboxylic acids is 1. The lowest BCUT2D eigenvalue weighted by atomic mass is 10.2. The van der Waals surface area contributed by atoms with Gasteiger partial charge < -0.3 is 9.84 Å². The van der Waals surface area contributed by atoms with Crippen molar-refractivity contribution >= 4 is 17.3 Å². The van der Waals surface area contributed by atoms with E-state index in [2.05, 4.69) is 4.98 Å². The topological polar surface area (TPSA) is 59.4 Å². The number of carboxylic acid groups (broad SMARTS) is 1. The van der Waals surface area contributed by atoms with Crippen molar-refractivity contribution in [3.8, 4) is 16.3 Å². The molecule has 0 aliphatic rings. The van der Waals surface area contributed by atoms with Crippen LogP contribution in [0, 0.1) is 0 Å². The Kier molecular flexibility index (Phi) is 3.62. The van der Waals surface area contributed by atoms with Gasteiger partial charge in [-0.2, -0.15) is 0 Å². The molecule has 0 bridgehead atoms. The summed E-state index contributed by atoms with van der Waals surface area (Å²) in [5.74, 6) is -0.202. The minimum absolute atomic E-state index is 0.160. The smallest absolute Gasteiger partial charge is 0.355 e. The number of aromatic nitrogens is 1. The molecule has 94 valence electrons. The predicted octanol–water partition coefficient (Wildman–Crippen LogP) is 3.08. The predicted molar refractivity (Wildman–Crippen MR) is 70.4 cm³/mol. The minimum atomic E-state index is -0.970. The summed E-state index contributed by atoms with van der Waals surface area (Å²) in [4.78, 5) is 16.0. The first kappa shape index (κ1) is 12.6. The molecule has 1 aromatic heterocycles. The van der Waals surface area contributed by atoms with Crippen LogP contribution >= 0.6 is 11.3 Å². The average molecular weight is 263 g/mol. The number of rotatable bonds is 4. The molecule has 0 spiro atoms. The Hall–Kier alpha value is -1.88. The molecule has 1 aromatic carbocycles. The Morgan fingerprint density at radius 1 is 1.39 bits per heavy atom. The summed E-state index contributed by atoms with van der Waals surface area (Å²) in [5.41, 5.74) is 1.07. The van der Waals surface area contributed by atoms with Crippen LogP contribution in [-0.2, 0) is 6.42 Å². The van der Waals surface area contributed by atoms with E-state index in [9.17, 15) is 4.79 Å². The Bertz CT molecular complexity index is 560. The second-order valence-electron chi connectivity index (χ2n) is 3.68. The zero-order valence-corrected chi connectivity index (χ0v) is 11.0. The Morgan fingerprint density at radius 3 is 2.50 bits per heavy atom. The second-order valence-corrected chi connectivity index (χ2v) is 4.76. The number of aromatic carboxylic acids is 1. The van der Waals surface area contributed by atoms with E-state index in [1.807, 2.05) is 31.2 Å². The molecule has 0 saturated carbocycles. The van der Waals surface area contributed by atoms with Crippen LogP contribution in [0.5, 0.6) is 5.75 Å². The molecule has 4 nitrogen and oxygen atoms in total. The molecule has 0 amide bonds. The molecule has 2 aromatic rings. The summed E-state index contributed by atoms with van der Waals surface area (Å²) in [6.45, 7) is 1.93. The van der Waals surface area contributed by atoms with E-state index in [1.165, 1.54) is 11.3 Å². The van der Waals surface area contributed by atoms with Gasteiger partial charge in [-0.15, -0.1) is 11.3 Å². The number of nitrogens with zero attached hydrogens (tertiary/aromatic N) is 1. The minimum Gasteiger partial charge on any atom is -0.497 e. The number of hydrogen-bond acceptors (Lipinski definition) is 4. The van der Waals surface area contributed by atoms with Gasteiger partial charge in [0.2, 0.25) is 0 Å². The van der Waals surface area contributed by atoms with Crippen molar-refractivity contribution in [2.45, 2.75) is 13.3 Å². The average Bonchev–Trinajstić information content (AvgIpc) is 2.83. The maximum atomic E-state index is 11.0. The van der Waals surface area contributed by atoms with E-state index < -0.39 is 5.97 Å². The third-order valence-electron chi connectivity index (χ3n) is 2.56. The number of carbonyl (C=O) groups is 1. The summed E-state index contributed by atoms with van der Waals surface area (Å²) in [7, 11) is 1.61. The fourth-order valence-electron chi connectivity index (χ4n) is 1.62. The Morgan fingerprint density at radius 2 is 2.06 bits per heavy atom. The van der Waals surface area contributed by atoms with Gasteiger partial charge in [0.25, 0.3) is 0 Å². The second kappa shape index (κ2) is 5.18. The van der Waals surface area contributed by atoms with Crippen molar-refractivity contribution in [3.63, 3.8) is 0 Å². The van der Waals surface area contributed by atoms with Gasteiger partial charge in [0.15, 0.2) is 5.69 Å². The lowest BCUT2D eigenvalue weighted by Gasteiger charge is -1.99. The van der Waals surface area contributed by atoms with Gasteiger partial charge in [0.05, 0.1) is 7.11 Å². The molecule has 0 unspecified atom stereocenters. The number of aryl methyl sites for hydroxylation is 1. The molecule has 5 heteroatoms. The molecule has 0 fully saturated rings. The van der Waals surface area contributed by atoms with Crippen LogP contribution < -0.4 is 4.74 Å². The van der Waals surface area contributed by atoms with Crippen LogP contribution in [0.3, 0.4) is 0 Å². The SMILES string of the molecule is CCc1sc(-c2ccc(OC)cc2)nc1C(=O)O. The van der Waals surface area contributed by atoms with E-state index in [-0.39, 0.29) is 5.69 Å². The highest BCUT2D eigenvalue weighted by molar-refractivity contribution is 7.15. The van der Waals surface area contributed by atoms with Crippen molar-refractivity contribution in [2.24, 2.45) is 0 Å². The van der Waals surface area contributed by atoms with Gasteiger partial charge in [0, 0.05) is 10.4 Å². The van der Waals surface area contributed by atoms with Crippen LogP contribution in [0.2, 0.25) is 0 Å². The van der Waals surface area contributed by atoms with E-state index in [1.54, 1.807) is 7.11 Å². The third kappa shape index (κ3) is 2.36. The zero-order valence-electron chi connectivity index (χ0n) is 10.1. The van der Waals surface area contributed by atoms with Gasteiger partial charge in [-0.1, -0.05) is 6.92 Å². The fraction of sp³-hybridized carbons (Fsp3) is 0.231. The van der Waals surface area contributed by atoms with Gasteiger partial charge in [-0.25, -0.2) is 9.78 Å². The molecule has 18 heavy (non-hydrogen) atoms. The lowest BCUT2D eigenvalue weighted by molar-refractivity contribution is 0.0690. The molecule has 0 aliphatic heterocycles. The summed E-state index contributed by atoms with van der Waals surface area (Å²) >= 11 is 1.42. The van der Waals surface area contributed by atoms with Crippen LogP contribution in [0.25, 0.3) is 10.6 Å². The molecule has 0 saturated heterocycles. The summed E-state index contributed by atoms with van der Waals surface area (Å²) < 4.78 is 5.08. The fourth-order valence-corrected chi connectivity index (χ4v) is 2.61. The first-order chi connectivity index (χ1) is 8.65. The zero-order chi connectivity index (χ0) is 13.1. The van der Waals surface area contributed by atoms with Crippen LogP contribution in [0.1, 0.15) is 22.3 Å². The summed E-state index contributed by atoms with van der Waals surface area (Å²) in [6, 6.07) is 7.43. The van der Waals surface area contributed by atoms with Crippen molar-refractivity contribution in [3.05, 3.63) is 34.8 Å². The highest BCUT2D eigenvalue weighted by Gasteiger charge is 2.16. The highest BCUT2D eigenvalue weighted by atomic mass is 32.1. The molecular formula is C13H13NO3S.